The Balaban J connectivity index is 4.38. The van der Waals surface area contributed by atoms with Crippen molar-refractivity contribution < 1.29 is 13.2 Å². The first-order chi connectivity index (χ1) is 5.37. The normalized spacial score (nSPS) is 16.7. The van der Waals surface area contributed by atoms with E-state index in [2.05, 4.69) is 5.32 Å². The number of alkyl halides is 3. The number of hydrogen-bond acceptors (Lipinski definition) is 2. The van der Waals surface area contributed by atoms with Gasteiger partial charge in [-0.05, 0) is 19.9 Å². The molecule has 2 nitrogen and oxygen atoms in total. The number of rotatable bonds is 3. The Morgan fingerprint density at radius 1 is 1.42 bits per heavy atom. The predicted molar refractivity (Wildman–Crippen MR) is 38.4 cm³/mol. The van der Waals surface area contributed by atoms with Gasteiger partial charge in [0.05, 0.1) is 6.07 Å². The van der Waals surface area contributed by atoms with Gasteiger partial charge in [0, 0.05) is 0 Å². The molecular formula is C7H11F3N2. The fraction of sp³-hybridized carbons (Fsp3) is 0.857. The molecule has 0 rings (SSSR count). The van der Waals surface area contributed by atoms with Crippen molar-refractivity contribution in [2.45, 2.75) is 32.0 Å². The average Bonchev–Trinajstić information content (AvgIpc) is 1.98. The topological polar surface area (TPSA) is 35.8 Å². The number of halogens is 3. The highest BCUT2D eigenvalue weighted by Crippen LogP contribution is 2.29. The lowest BCUT2D eigenvalue weighted by molar-refractivity contribution is -0.173. The van der Waals surface area contributed by atoms with Gasteiger partial charge in [-0.2, -0.15) is 18.4 Å². The quantitative estimate of drug-likeness (QED) is 0.719. The van der Waals surface area contributed by atoms with Crippen molar-refractivity contribution in [1.29, 1.82) is 5.26 Å². The van der Waals surface area contributed by atoms with Crippen LogP contribution >= 0.6 is 0 Å². The summed E-state index contributed by atoms with van der Waals surface area (Å²) in [6.07, 6.45) is -3.95. The first-order valence-corrected chi connectivity index (χ1v) is 3.60. The summed E-state index contributed by atoms with van der Waals surface area (Å²) in [5.74, 6) is 0. The molecule has 1 atom stereocenters. The molecule has 0 aliphatic rings. The molecule has 1 N–H and O–H groups in total. The van der Waals surface area contributed by atoms with E-state index in [1.807, 2.05) is 0 Å². The predicted octanol–water partition coefficient (Wildman–Crippen LogP) is 1.83. The van der Waals surface area contributed by atoms with Crippen LogP contribution in [0.5, 0.6) is 0 Å². The molecule has 12 heavy (non-hydrogen) atoms. The highest BCUT2D eigenvalue weighted by Gasteiger charge is 2.51. The summed E-state index contributed by atoms with van der Waals surface area (Å²) < 4.78 is 36.4. The van der Waals surface area contributed by atoms with E-state index in [1.165, 1.54) is 6.07 Å². The van der Waals surface area contributed by atoms with E-state index in [0.29, 0.717) is 6.42 Å². The molecule has 0 bridgehead atoms. The van der Waals surface area contributed by atoms with E-state index < -0.39 is 11.7 Å². The summed E-state index contributed by atoms with van der Waals surface area (Å²) in [6.45, 7) is 2.76. The number of nitriles is 1. The van der Waals surface area contributed by atoms with Crippen molar-refractivity contribution in [3.63, 3.8) is 0 Å². The SMILES string of the molecule is CCCNC(C)(C#N)C(F)(F)F. The summed E-state index contributed by atoms with van der Waals surface area (Å²) in [6, 6.07) is 1.22. The molecule has 0 spiro atoms. The van der Waals surface area contributed by atoms with Gasteiger partial charge >= 0.3 is 6.18 Å². The molecule has 5 heteroatoms. The standard InChI is InChI=1S/C7H11F3N2/c1-3-4-12-6(2,5-11)7(8,9)10/h12H,3-4H2,1-2H3. The van der Waals surface area contributed by atoms with Gasteiger partial charge in [-0.1, -0.05) is 6.92 Å². The second-order valence-electron chi connectivity index (χ2n) is 2.66. The molecule has 0 heterocycles. The van der Waals surface area contributed by atoms with E-state index in [0.717, 1.165) is 6.92 Å². The van der Waals surface area contributed by atoms with E-state index in [-0.39, 0.29) is 6.54 Å². The first kappa shape index (κ1) is 11.2. The molecule has 0 aliphatic carbocycles. The third-order valence-electron chi connectivity index (χ3n) is 1.52. The smallest absolute Gasteiger partial charge is 0.292 e. The van der Waals surface area contributed by atoms with E-state index in [4.69, 9.17) is 5.26 Å². The van der Waals surface area contributed by atoms with Gasteiger partial charge < -0.3 is 0 Å². The number of nitrogens with one attached hydrogen (secondary N) is 1. The molecule has 0 aromatic heterocycles. The van der Waals surface area contributed by atoms with Gasteiger partial charge in [0.2, 0.25) is 0 Å². The molecule has 1 unspecified atom stereocenters. The van der Waals surface area contributed by atoms with Crippen LogP contribution in [-0.4, -0.2) is 18.3 Å². The summed E-state index contributed by atoms with van der Waals surface area (Å²) in [4.78, 5) is 0. The van der Waals surface area contributed by atoms with Gasteiger partial charge in [-0.25, -0.2) is 0 Å². The molecule has 0 fully saturated rings. The van der Waals surface area contributed by atoms with Crippen LogP contribution in [0.3, 0.4) is 0 Å². The zero-order valence-electron chi connectivity index (χ0n) is 7.00. The molecule has 70 valence electrons. The Morgan fingerprint density at radius 3 is 2.17 bits per heavy atom. The molecule has 0 aliphatic heterocycles. The average molecular weight is 180 g/mol. The van der Waals surface area contributed by atoms with Crippen molar-refractivity contribution in [3.05, 3.63) is 0 Å². The van der Waals surface area contributed by atoms with Crippen LogP contribution < -0.4 is 5.32 Å². The summed E-state index contributed by atoms with van der Waals surface area (Å²) in [5.41, 5.74) is -2.41. The van der Waals surface area contributed by atoms with Gasteiger partial charge in [0.25, 0.3) is 0 Å². The molecule has 0 saturated heterocycles. The summed E-state index contributed by atoms with van der Waals surface area (Å²) in [7, 11) is 0. The molecule has 0 amide bonds. The van der Waals surface area contributed by atoms with Crippen LogP contribution in [-0.2, 0) is 0 Å². The lowest BCUT2D eigenvalue weighted by Gasteiger charge is -2.25. The van der Waals surface area contributed by atoms with Gasteiger partial charge in [0.15, 0.2) is 5.54 Å². The summed E-state index contributed by atoms with van der Waals surface area (Å²) in [5, 5.41) is 10.5. The zero-order chi connectivity index (χ0) is 9.83. The minimum atomic E-state index is -4.52. The largest absolute Gasteiger partial charge is 0.419 e. The van der Waals surface area contributed by atoms with E-state index in [9.17, 15) is 13.2 Å². The lowest BCUT2D eigenvalue weighted by atomic mass is 10.0. The number of hydrogen-bond donors (Lipinski definition) is 1. The Labute approximate surface area is 69.4 Å². The van der Waals surface area contributed by atoms with Crippen LogP contribution in [0.1, 0.15) is 20.3 Å². The fourth-order valence-corrected chi connectivity index (χ4v) is 0.578. The molecule has 0 saturated carbocycles. The second-order valence-corrected chi connectivity index (χ2v) is 2.66. The third-order valence-corrected chi connectivity index (χ3v) is 1.52. The second kappa shape index (κ2) is 3.76. The van der Waals surface area contributed by atoms with Gasteiger partial charge in [-0.3, -0.25) is 5.32 Å². The third kappa shape index (κ3) is 2.38. The van der Waals surface area contributed by atoms with Crippen molar-refractivity contribution >= 4 is 0 Å². The molecule has 0 aromatic rings. The van der Waals surface area contributed by atoms with Crippen molar-refractivity contribution in [1.82, 2.24) is 5.32 Å². The number of nitrogens with zero attached hydrogens (tertiary/aromatic N) is 1. The maximum Gasteiger partial charge on any atom is 0.419 e. The highest BCUT2D eigenvalue weighted by atomic mass is 19.4. The Kier molecular flexibility index (Phi) is 3.53. The fourth-order valence-electron chi connectivity index (χ4n) is 0.578. The lowest BCUT2D eigenvalue weighted by Crippen LogP contribution is -2.53. The van der Waals surface area contributed by atoms with Crippen LogP contribution in [0, 0.1) is 11.3 Å². The maximum atomic E-state index is 12.1. The van der Waals surface area contributed by atoms with Crippen molar-refractivity contribution in [2.24, 2.45) is 0 Å². The van der Waals surface area contributed by atoms with Crippen molar-refractivity contribution in [3.8, 4) is 6.07 Å². The Hall–Kier alpha value is -0.760. The monoisotopic (exact) mass is 180 g/mol. The maximum absolute atomic E-state index is 12.1. The molecule has 0 aromatic carbocycles. The zero-order valence-corrected chi connectivity index (χ0v) is 7.00. The van der Waals surface area contributed by atoms with E-state index in [1.54, 1.807) is 6.92 Å². The van der Waals surface area contributed by atoms with E-state index >= 15 is 0 Å². The van der Waals surface area contributed by atoms with Crippen LogP contribution in [0.25, 0.3) is 0 Å². The first-order valence-electron chi connectivity index (χ1n) is 3.60. The minimum Gasteiger partial charge on any atom is -0.292 e. The van der Waals surface area contributed by atoms with Gasteiger partial charge in [0.1, 0.15) is 0 Å². The Morgan fingerprint density at radius 2 is 1.92 bits per heavy atom. The van der Waals surface area contributed by atoms with Crippen LogP contribution in [0.4, 0.5) is 13.2 Å². The van der Waals surface area contributed by atoms with Crippen molar-refractivity contribution in [2.75, 3.05) is 6.54 Å². The minimum absolute atomic E-state index is 0.184. The molecule has 0 radical (unpaired) electrons. The van der Waals surface area contributed by atoms with Crippen LogP contribution in [0.15, 0.2) is 0 Å². The summed E-state index contributed by atoms with van der Waals surface area (Å²) >= 11 is 0. The van der Waals surface area contributed by atoms with Gasteiger partial charge in [-0.15, -0.1) is 0 Å². The highest BCUT2D eigenvalue weighted by molar-refractivity contribution is 5.09. The van der Waals surface area contributed by atoms with Crippen LogP contribution in [0.2, 0.25) is 0 Å². The Bertz CT molecular complexity index is 182. The molecular weight excluding hydrogens is 169 g/mol.